The zero-order valence-electron chi connectivity index (χ0n) is 11.0. The molecule has 0 aliphatic carbocycles. The van der Waals surface area contributed by atoms with Crippen molar-refractivity contribution in [3.05, 3.63) is 48.7 Å². The van der Waals surface area contributed by atoms with Gasteiger partial charge in [0.15, 0.2) is 0 Å². The van der Waals surface area contributed by atoms with E-state index in [2.05, 4.69) is 16.9 Å². The Labute approximate surface area is 118 Å². The third-order valence-corrected chi connectivity index (χ3v) is 2.90. The number of hydrogen-bond acceptors (Lipinski definition) is 2. The zero-order chi connectivity index (χ0) is 15.5. The van der Waals surface area contributed by atoms with E-state index in [-0.39, 0.29) is 6.42 Å². The Kier molecular flexibility index (Phi) is 4.40. The van der Waals surface area contributed by atoms with Crippen LogP contribution >= 0.6 is 0 Å². The molecule has 0 amide bonds. The molecule has 1 aromatic carbocycles. The van der Waals surface area contributed by atoms with E-state index in [0.717, 1.165) is 4.68 Å². The molecule has 7 heteroatoms. The Bertz CT molecular complexity index is 608. The van der Waals surface area contributed by atoms with Crippen LogP contribution in [-0.4, -0.2) is 27.3 Å². The lowest BCUT2D eigenvalue weighted by molar-refractivity contribution is -0.139. The topological polar surface area (TPSA) is 30.7 Å². The normalized spacial score (nSPS) is 11.9. The van der Waals surface area contributed by atoms with Gasteiger partial charge in [-0.3, -0.25) is 0 Å². The SMILES string of the molecule is C=CCc1c(-c2ccccc2)nnn1CC(F)(F)C(F)F. The molecule has 0 unspecified atom stereocenters. The van der Waals surface area contributed by atoms with Gasteiger partial charge < -0.3 is 0 Å². The molecule has 0 radical (unpaired) electrons. The van der Waals surface area contributed by atoms with Gasteiger partial charge in [0.05, 0.1) is 5.69 Å². The molecule has 1 aromatic heterocycles. The minimum Gasteiger partial charge on any atom is -0.242 e. The molecule has 2 aromatic rings. The lowest BCUT2D eigenvalue weighted by Gasteiger charge is -2.16. The maximum absolute atomic E-state index is 13.2. The van der Waals surface area contributed by atoms with Gasteiger partial charge in [-0.25, -0.2) is 13.5 Å². The molecule has 2 rings (SSSR count). The molecule has 21 heavy (non-hydrogen) atoms. The first-order valence-electron chi connectivity index (χ1n) is 6.20. The Morgan fingerprint density at radius 1 is 1.24 bits per heavy atom. The monoisotopic (exact) mass is 299 g/mol. The molecular formula is C14H13F4N3. The fourth-order valence-corrected chi connectivity index (χ4v) is 1.89. The van der Waals surface area contributed by atoms with Crippen molar-refractivity contribution in [3.63, 3.8) is 0 Å². The van der Waals surface area contributed by atoms with Gasteiger partial charge in [-0.2, -0.15) is 8.78 Å². The van der Waals surface area contributed by atoms with Gasteiger partial charge in [-0.1, -0.05) is 41.6 Å². The summed E-state index contributed by atoms with van der Waals surface area (Å²) in [6, 6.07) is 8.81. The molecule has 0 saturated carbocycles. The first-order valence-corrected chi connectivity index (χ1v) is 6.20. The molecule has 0 atom stereocenters. The number of rotatable bonds is 6. The molecular weight excluding hydrogens is 286 g/mol. The first-order chi connectivity index (χ1) is 9.95. The average Bonchev–Trinajstić information content (AvgIpc) is 2.82. The highest BCUT2D eigenvalue weighted by Crippen LogP contribution is 2.28. The second-order valence-electron chi connectivity index (χ2n) is 4.46. The van der Waals surface area contributed by atoms with Crippen LogP contribution in [0.3, 0.4) is 0 Å². The summed E-state index contributed by atoms with van der Waals surface area (Å²) in [5.74, 6) is -4.16. The van der Waals surface area contributed by atoms with Gasteiger partial charge in [0.1, 0.15) is 12.2 Å². The molecule has 3 nitrogen and oxygen atoms in total. The van der Waals surface area contributed by atoms with E-state index in [0.29, 0.717) is 17.0 Å². The Hall–Kier alpha value is -2.18. The van der Waals surface area contributed by atoms with Crippen molar-refractivity contribution in [1.29, 1.82) is 0 Å². The van der Waals surface area contributed by atoms with Gasteiger partial charge in [-0.05, 0) is 0 Å². The molecule has 0 saturated heterocycles. The second kappa shape index (κ2) is 6.07. The van der Waals surface area contributed by atoms with E-state index in [1.54, 1.807) is 30.3 Å². The minimum atomic E-state index is -4.16. The van der Waals surface area contributed by atoms with Gasteiger partial charge >= 0.3 is 12.3 Å². The number of aromatic nitrogens is 3. The highest BCUT2D eigenvalue weighted by molar-refractivity contribution is 5.61. The number of halogens is 4. The predicted molar refractivity (Wildman–Crippen MR) is 70.3 cm³/mol. The summed E-state index contributed by atoms with van der Waals surface area (Å²) in [6.45, 7) is 2.32. The van der Waals surface area contributed by atoms with Crippen LogP contribution in [0.2, 0.25) is 0 Å². The Morgan fingerprint density at radius 3 is 2.48 bits per heavy atom. The number of nitrogens with zero attached hydrogens (tertiary/aromatic N) is 3. The molecule has 0 aliphatic rings. The van der Waals surface area contributed by atoms with Gasteiger partial charge in [0.2, 0.25) is 0 Å². The van der Waals surface area contributed by atoms with E-state index in [9.17, 15) is 17.6 Å². The van der Waals surface area contributed by atoms with Crippen molar-refractivity contribution >= 4 is 0 Å². The number of allylic oxidation sites excluding steroid dienone is 1. The van der Waals surface area contributed by atoms with Crippen LogP contribution in [-0.2, 0) is 13.0 Å². The van der Waals surface area contributed by atoms with Crippen LogP contribution in [0.5, 0.6) is 0 Å². The Balaban J connectivity index is 2.40. The van der Waals surface area contributed by atoms with Crippen molar-refractivity contribution in [3.8, 4) is 11.3 Å². The molecule has 0 N–H and O–H groups in total. The van der Waals surface area contributed by atoms with E-state index >= 15 is 0 Å². The van der Waals surface area contributed by atoms with Crippen LogP contribution in [0, 0.1) is 0 Å². The van der Waals surface area contributed by atoms with Crippen molar-refractivity contribution in [2.24, 2.45) is 0 Å². The molecule has 112 valence electrons. The summed E-state index contributed by atoms with van der Waals surface area (Å²) >= 11 is 0. The molecule has 0 spiro atoms. The van der Waals surface area contributed by atoms with Gasteiger partial charge in [0, 0.05) is 12.0 Å². The fourth-order valence-electron chi connectivity index (χ4n) is 1.89. The summed E-state index contributed by atoms with van der Waals surface area (Å²) < 4.78 is 51.8. The van der Waals surface area contributed by atoms with Crippen LogP contribution in [0.1, 0.15) is 5.69 Å². The van der Waals surface area contributed by atoms with Crippen molar-refractivity contribution in [1.82, 2.24) is 15.0 Å². The lowest BCUT2D eigenvalue weighted by atomic mass is 10.1. The van der Waals surface area contributed by atoms with Crippen LogP contribution in [0.25, 0.3) is 11.3 Å². The van der Waals surface area contributed by atoms with Crippen molar-refractivity contribution in [2.45, 2.75) is 25.3 Å². The van der Waals surface area contributed by atoms with Crippen LogP contribution in [0.15, 0.2) is 43.0 Å². The Morgan fingerprint density at radius 2 is 1.90 bits per heavy atom. The highest BCUT2D eigenvalue weighted by atomic mass is 19.3. The van der Waals surface area contributed by atoms with E-state index < -0.39 is 18.9 Å². The van der Waals surface area contributed by atoms with E-state index in [1.807, 2.05) is 0 Å². The fraction of sp³-hybridized carbons (Fsp3) is 0.286. The summed E-state index contributed by atoms with van der Waals surface area (Å²) in [5, 5.41) is 7.42. The minimum absolute atomic E-state index is 0.205. The van der Waals surface area contributed by atoms with Crippen molar-refractivity contribution < 1.29 is 17.6 Å². The quantitative estimate of drug-likeness (QED) is 0.603. The maximum atomic E-state index is 13.2. The highest BCUT2D eigenvalue weighted by Gasteiger charge is 2.42. The standard InChI is InChI=1S/C14H13F4N3/c1-2-6-11-12(10-7-4-3-5-8-10)19-20-21(11)9-14(17,18)13(15)16/h2-5,7-8,13H,1,6,9H2. The third-order valence-electron chi connectivity index (χ3n) is 2.90. The molecule has 0 aliphatic heterocycles. The summed E-state index contributed by atoms with van der Waals surface area (Å²) in [6.07, 6.45) is -2.06. The maximum Gasteiger partial charge on any atom is 0.326 e. The summed E-state index contributed by atoms with van der Waals surface area (Å²) in [4.78, 5) is 0. The summed E-state index contributed by atoms with van der Waals surface area (Å²) in [7, 11) is 0. The first kappa shape index (κ1) is 15.2. The number of benzene rings is 1. The van der Waals surface area contributed by atoms with Crippen molar-refractivity contribution in [2.75, 3.05) is 0 Å². The van der Waals surface area contributed by atoms with Crippen LogP contribution in [0.4, 0.5) is 17.6 Å². The summed E-state index contributed by atoms with van der Waals surface area (Å²) in [5.41, 5.74) is 1.40. The second-order valence-corrected chi connectivity index (χ2v) is 4.46. The molecule has 1 heterocycles. The average molecular weight is 299 g/mol. The third kappa shape index (κ3) is 3.29. The molecule has 0 fully saturated rings. The number of hydrogen-bond donors (Lipinski definition) is 0. The smallest absolute Gasteiger partial charge is 0.242 e. The van der Waals surface area contributed by atoms with Gasteiger partial charge in [-0.15, -0.1) is 11.7 Å². The number of alkyl halides is 4. The van der Waals surface area contributed by atoms with E-state index in [4.69, 9.17) is 0 Å². The van der Waals surface area contributed by atoms with E-state index in [1.165, 1.54) is 6.08 Å². The molecule has 0 bridgehead atoms. The largest absolute Gasteiger partial charge is 0.326 e. The van der Waals surface area contributed by atoms with Gasteiger partial charge in [0.25, 0.3) is 0 Å². The lowest BCUT2D eigenvalue weighted by Crippen LogP contribution is -2.33. The van der Waals surface area contributed by atoms with Crippen LogP contribution < -0.4 is 0 Å². The zero-order valence-corrected chi connectivity index (χ0v) is 11.0. The predicted octanol–water partition coefficient (Wildman–Crippen LogP) is 3.57.